The zero-order valence-electron chi connectivity index (χ0n) is 17.9. The van der Waals surface area contributed by atoms with Crippen molar-refractivity contribution in [3.05, 3.63) is 87.5 Å². The van der Waals surface area contributed by atoms with Gasteiger partial charge in [0.2, 0.25) is 0 Å². The largest absolute Gasteiger partial charge is 0.442 e. The summed E-state index contributed by atoms with van der Waals surface area (Å²) in [6.45, 7) is -0.160. The molecule has 0 aliphatic carbocycles. The summed E-state index contributed by atoms with van der Waals surface area (Å²) in [6, 6.07) is 16.8. The maximum Gasteiger partial charge on any atom is 0.309 e. The van der Waals surface area contributed by atoms with Crippen LogP contribution < -0.4 is 5.56 Å². The van der Waals surface area contributed by atoms with E-state index < -0.39 is 34.3 Å². The minimum Gasteiger partial charge on any atom is -0.442 e. The Morgan fingerprint density at radius 1 is 1.09 bits per heavy atom. The van der Waals surface area contributed by atoms with Crippen molar-refractivity contribution < 1.29 is 17.9 Å². The molecule has 34 heavy (non-hydrogen) atoms. The molecule has 1 aliphatic heterocycles. The Labute approximate surface area is 199 Å². The Morgan fingerprint density at radius 3 is 2.71 bits per heavy atom. The Bertz CT molecular complexity index is 1520. The van der Waals surface area contributed by atoms with Crippen molar-refractivity contribution in [2.75, 3.05) is 6.54 Å². The number of carbonyl (C=O) groups is 1. The minimum absolute atomic E-state index is 0.197. The maximum atomic E-state index is 13.3. The number of sulfonamides is 1. The van der Waals surface area contributed by atoms with Gasteiger partial charge in [-0.2, -0.15) is 8.99 Å². The molecule has 0 spiro atoms. The Balaban J connectivity index is 1.39. The predicted octanol–water partition coefficient (Wildman–Crippen LogP) is 2.73. The average Bonchev–Trinajstić information content (AvgIpc) is 3.40. The molecule has 1 unspecified atom stereocenters. The van der Waals surface area contributed by atoms with E-state index in [0.29, 0.717) is 17.3 Å². The van der Waals surface area contributed by atoms with Crippen molar-refractivity contribution in [1.82, 2.24) is 19.3 Å². The molecule has 0 saturated heterocycles. The summed E-state index contributed by atoms with van der Waals surface area (Å²) in [7, 11) is -3.79. The summed E-state index contributed by atoms with van der Waals surface area (Å²) >= 11 is 1.14. The normalized spacial score (nSPS) is 16.3. The number of hydrogen-bond acceptors (Lipinski definition) is 8. The van der Waals surface area contributed by atoms with Crippen LogP contribution in [-0.2, 0) is 32.7 Å². The standard InChI is InChI=1S/C23H20N4O5S2/c28-21(32-15-26-23(29)18-8-3-4-9-19(18)24-25-26)14-20-17-7-2-1-6-16(17)11-12-27(20)34(30,31)22-10-5-13-33-22/h1-10,13,20H,11-12,14-15H2. The fraction of sp³-hybridized carbons (Fsp3) is 0.217. The molecule has 0 saturated carbocycles. The first kappa shape index (κ1) is 22.4. The number of nitrogens with zero attached hydrogens (tertiary/aromatic N) is 4. The number of aromatic nitrogens is 3. The van der Waals surface area contributed by atoms with Crippen LogP contribution in [0, 0.1) is 0 Å². The lowest BCUT2D eigenvalue weighted by Crippen LogP contribution is -2.41. The van der Waals surface area contributed by atoms with E-state index in [2.05, 4.69) is 10.3 Å². The van der Waals surface area contributed by atoms with E-state index in [4.69, 9.17) is 4.74 Å². The van der Waals surface area contributed by atoms with Crippen LogP contribution in [0.3, 0.4) is 0 Å². The molecule has 0 radical (unpaired) electrons. The SMILES string of the molecule is O=C(CC1c2ccccc2CCN1S(=O)(=O)c1cccs1)OCn1nnc2ccccc2c1=O. The molecule has 9 nitrogen and oxygen atoms in total. The number of esters is 1. The van der Waals surface area contributed by atoms with Gasteiger partial charge in [0.25, 0.3) is 15.6 Å². The second-order valence-corrected chi connectivity index (χ2v) is 10.8. The Hall–Kier alpha value is -3.41. The molecular weight excluding hydrogens is 476 g/mol. The van der Waals surface area contributed by atoms with Gasteiger partial charge in [-0.25, -0.2) is 8.42 Å². The van der Waals surface area contributed by atoms with Gasteiger partial charge in [0.15, 0.2) is 6.73 Å². The molecule has 4 aromatic rings. The van der Waals surface area contributed by atoms with Crippen LogP contribution in [-0.4, -0.2) is 40.2 Å². The van der Waals surface area contributed by atoms with Crippen LogP contribution in [0.25, 0.3) is 10.9 Å². The molecule has 174 valence electrons. The zero-order chi connectivity index (χ0) is 23.7. The number of rotatable bonds is 6. The Kier molecular flexibility index (Phi) is 5.98. The lowest BCUT2D eigenvalue weighted by molar-refractivity contribution is -0.149. The highest BCUT2D eigenvalue weighted by atomic mass is 32.2. The van der Waals surface area contributed by atoms with E-state index in [1.54, 1.807) is 41.8 Å². The van der Waals surface area contributed by atoms with E-state index in [1.807, 2.05) is 24.3 Å². The lowest BCUT2D eigenvalue weighted by atomic mass is 9.92. The molecule has 3 heterocycles. The van der Waals surface area contributed by atoms with Crippen molar-refractivity contribution >= 4 is 38.2 Å². The molecule has 2 aromatic heterocycles. The molecule has 11 heteroatoms. The van der Waals surface area contributed by atoms with Crippen LogP contribution in [0.5, 0.6) is 0 Å². The molecule has 1 aliphatic rings. The van der Waals surface area contributed by atoms with Crippen LogP contribution in [0.4, 0.5) is 0 Å². The number of thiophene rings is 1. The van der Waals surface area contributed by atoms with Gasteiger partial charge in [0.1, 0.15) is 9.73 Å². The van der Waals surface area contributed by atoms with Gasteiger partial charge in [-0.05, 0) is 41.1 Å². The Morgan fingerprint density at radius 2 is 1.88 bits per heavy atom. The number of hydrogen-bond donors (Lipinski definition) is 0. The van der Waals surface area contributed by atoms with Crippen molar-refractivity contribution in [2.45, 2.75) is 29.8 Å². The smallest absolute Gasteiger partial charge is 0.309 e. The first-order chi connectivity index (χ1) is 16.4. The van der Waals surface area contributed by atoms with E-state index in [0.717, 1.165) is 27.1 Å². The summed E-state index contributed by atoms with van der Waals surface area (Å²) in [5, 5.41) is 9.86. The molecule has 1 atom stereocenters. The zero-order valence-corrected chi connectivity index (χ0v) is 19.5. The van der Waals surface area contributed by atoms with Crippen molar-refractivity contribution in [3.8, 4) is 0 Å². The molecule has 5 rings (SSSR count). The molecule has 0 N–H and O–H groups in total. The lowest BCUT2D eigenvalue weighted by Gasteiger charge is -2.35. The topological polar surface area (TPSA) is 111 Å². The van der Waals surface area contributed by atoms with Crippen molar-refractivity contribution in [3.63, 3.8) is 0 Å². The van der Waals surface area contributed by atoms with Gasteiger partial charge in [0, 0.05) is 6.54 Å². The molecule has 0 fully saturated rings. The summed E-state index contributed by atoms with van der Waals surface area (Å²) in [4.78, 5) is 25.4. The van der Waals surface area contributed by atoms with Crippen LogP contribution >= 0.6 is 11.3 Å². The number of benzene rings is 2. The first-order valence-electron chi connectivity index (χ1n) is 10.6. The quantitative estimate of drug-likeness (QED) is 0.377. The summed E-state index contributed by atoms with van der Waals surface area (Å²) in [6.07, 6.45) is 0.353. The number of carbonyl (C=O) groups excluding carboxylic acids is 1. The third kappa shape index (κ3) is 4.13. The monoisotopic (exact) mass is 496 g/mol. The maximum absolute atomic E-state index is 13.3. The predicted molar refractivity (Wildman–Crippen MR) is 126 cm³/mol. The van der Waals surface area contributed by atoms with Gasteiger partial charge in [-0.1, -0.05) is 47.7 Å². The van der Waals surface area contributed by atoms with E-state index in [-0.39, 0.29) is 17.2 Å². The minimum atomic E-state index is -3.79. The summed E-state index contributed by atoms with van der Waals surface area (Å²) in [5.74, 6) is -0.644. The van der Waals surface area contributed by atoms with E-state index >= 15 is 0 Å². The first-order valence-corrected chi connectivity index (χ1v) is 12.9. The molecule has 2 aromatic carbocycles. The number of fused-ring (bicyclic) bond motifs is 2. The molecular formula is C23H20N4O5S2. The summed E-state index contributed by atoms with van der Waals surface area (Å²) in [5.41, 5.74) is 1.79. The fourth-order valence-corrected chi connectivity index (χ4v) is 6.84. The summed E-state index contributed by atoms with van der Waals surface area (Å²) < 4.78 is 34.5. The number of ether oxygens (including phenoxy) is 1. The van der Waals surface area contributed by atoms with Crippen molar-refractivity contribution in [2.24, 2.45) is 0 Å². The second kappa shape index (κ2) is 9.09. The van der Waals surface area contributed by atoms with Crippen LogP contribution in [0.2, 0.25) is 0 Å². The highest BCUT2D eigenvalue weighted by Crippen LogP contribution is 2.37. The van der Waals surface area contributed by atoms with Gasteiger partial charge >= 0.3 is 5.97 Å². The highest BCUT2D eigenvalue weighted by Gasteiger charge is 2.38. The van der Waals surface area contributed by atoms with Crippen LogP contribution in [0.1, 0.15) is 23.6 Å². The van der Waals surface area contributed by atoms with Gasteiger partial charge in [-0.15, -0.1) is 16.4 Å². The highest BCUT2D eigenvalue weighted by molar-refractivity contribution is 7.91. The third-order valence-electron chi connectivity index (χ3n) is 5.76. The van der Waals surface area contributed by atoms with E-state index in [1.165, 1.54) is 4.31 Å². The van der Waals surface area contributed by atoms with E-state index in [9.17, 15) is 18.0 Å². The van der Waals surface area contributed by atoms with Crippen LogP contribution in [0.15, 0.2) is 75.0 Å². The molecule has 0 amide bonds. The van der Waals surface area contributed by atoms with Gasteiger partial charge < -0.3 is 4.74 Å². The van der Waals surface area contributed by atoms with Crippen molar-refractivity contribution in [1.29, 1.82) is 0 Å². The molecule has 0 bridgehead atoms. The average molecular weight is 497 g/mol. The fourth-order valence-electron chi connectivity index (χ4n) is 4.11. The van der Waals surface area contributed by atoms with Gasteiger partial charge in [0.05, 0.1) is 17.8 Å². The van der Waals surface area contributed by atoms with Gasteiger partial charge in [-0.3, -0.25) is 9.59 Å². The second-order valence-electron chi connectivity index (χ2n) is 7.77. The third-order valence-corrected chi connectivity index (χ3v) is 9.04.